The van der Waals surface area contributed by atoms with Crippen LogP contribution in [0.25, 0.3) is 22.4 Å². The first kappa shape index (κ1) is 24.0. The Morgan fingerprint density at radius 1 is 1.22 bits per heavy atom. The average Bonchev–Trinajstić information content (AvgIpc) is 2.77. The molecule has 0 unspecified atom stereocenters. The van der Waals surface area contributed by atoms with E-state index in [1.54, 1.807) is 12.1 Å². The van der Waals surface area contributed by atoms with Gasteiger partial charge < -0.3 is 14.5 Å². The van der Waals surface area contributed by atoms with Crippen LogP contribution in [0.3, 0.4) is 0 Å². The van der Waals surface area contributed by atoms with Gasteiger partial charge in [0.25, 0.3) is 5.56 Å². The van der Waals surface area contributed by atoms with Crippen LogP contribution < -0.4 is 10.3 Å². The van der Waals surface area contributed by atoms with E-state index in [9.17, 15) is 18.0 Å². The zero-order chi connectivity index (χ0) is 22.0. The van der Waals surface area contributed by atoms with E-state index < -0.39 is 17.3 Å². The molecule has 0 atom stereocenters. The number of alkyl halides is 3. The van der Waals surface area contributed by atoms with Crippen molar-refractivity contribution >= 4 is 23.3 Å². The largest absolute Gasteiger partial charge is 0.494 e. The molecule has 4 rings (SSSR count). The Kier molecular flexibility index (Phi) is 7.37. The first-order chi connectivity index (χ1) is 14.8. The number of morpholine rings is 1. The zero-order valence-electron chi connectivity index (χ0n) is 17.2. The molecule has 0 spiro atoms. The number of fused-ring (bicyclic) bond motifs is 1. The Bertz CT molecular complexity index is 1150. The van der Waals surface area contributed by atoms with Crippen LogP contribution in [0.15, 0.2) is 35.3 Å². The predicted octanol–water partition coefficient (Wildman–Crippen LogP) is 3.31. The van der Waals surface area contributed by atoms with Crippen LogP contribution in [0.5, 0.6) is 5.75 Å². The van der Waals surface area contributed by atoms with Crippen molar-refractivity contribution in [2.75, 3.05) is 40.0 Å². The Morgan fingerprint density at radius 2 is 1.97 bits per heavy atom. The number of pyridine rings is 1. The molecule has 0 radical (unpaired) electrons. The lowest BCUT2D eigenvalue weighted by Crippen LogP contribution is -2.37. The minimum atomic E-state index is -4.53. The van der Waals surface area contributed by atoms with E-state index in [2.05, 4.69) is 19.9 Å². The average molecular weight is 471 g/mol. The molecule has 3 heterocycles. The van der Waals surface area contributed by atoms with Crippen molar-refractivity contribution in [3.05, 3.63) is 51.9 Å². The highest BCUT2D eigenvalue weighted by molar-refractivity contribution is 5.86. The van der Waals surface area contributed by atoms with Gasteiger partial charge >= 0.3 is 6.18 Å². The predicted molar refractivity (Wildman–Crippen MR) is 115 cm³/mol. The fourth-order valence-corrected chi connectivity index (χ4v) is 3.54. The zero-order valence-corrected chi connectivity index (χ0v) is 18.1. The van der Waals surface area contributed by atoms with Gasteiger partial charge in [0, 0.05) is 25.8 Å². The van der Waals surface area contributed by atoms with Crippen LogP contribution >= 0.6 is 12.4 Å². The second-order valence-corrected chi connectivity index (χ2v) is 7.24. The molecule has 1 N–H and O–H groups in total. The van der Waals surface area contributed by atoms with Crippen LogP contribution in [0, 0.1) is 0 Å². The third kappa shape index (κ3) is 5.20. The molecule has 0 bridgehead atoms. The van der Waals surface area contributed by atoms with Gasteiger partial charge in [0.15, 0.2) is 5.82 Å². The van der Waals surface area contributed by atoms with E-state index in [-0.39, 0.29) is 29.4 Å². The fraction of sp³-hybridized carbons (Fsp3) is 0.381. The number of methoxy groups -OCH3 is 1. The molecular weight excluding hydrogens is 449 g/mol. The van der Waals surface area contributed by atoms with Crippen LogP contribution in [0.4, 0.5) is 13.2 Å². The van der Waals surface area contributed by atoms with Crippen LogP contribution in [0.2, 0.25) is 0 Å². The summed E-state index contributed by atoms with van der Waals surface area (Å²) in [5.74, 6) is 0.330. The van der Waals surface area contributed by atoms with Crippen molar-refractivity contribution < 1.29 is 22.6 Å². The van der Waals surface area contributed by atoms with Crippen LogP contribution in [-0.2, 0) is 17.3 Å². The van der Waals surface area contributed by atoms with Crippen molar-refractivity contribution in [2.45, 2.75) is 12.6 Å². The molecule has 1 aromatic carbocycles. The summed E-state index contributed by atoms with van der Waals surface area (Å²) in [4.78, 5) is 25.9. The SMILES string of the molecule is COc1cc(CCN2CCOCC2)cc2c(=O)[nH]c(-c3cc(C(F)(F)F)ccn3)nc12.Cl. The first-order valence-corrected chi connectivity index (χ1v) is 9.80. The lowest BCUT2D eigenvalue weighted by atomic mass is 10.1. The fourth-order valence-electron chi connectivity index (χ4n) is 3.54. The third-order valence-electron chi connectivity index (χ3n) is 5.21. The van der Waals surface area contributed by atoms with Gasteiger partial charge in [-0.15, -0.1) is 12.4 Å². The molecule has 1 aliphatic heterocycles. The number of H-pyrrole nitrogens is 1. The summed E-state index contributed by atoms with van der Waals surface area (Å²) in [6.45, 7) is 3.95. The number of aromatic amines is 1. The molecular formula is C21H22ClF3N4O3. The molecule has 172 valence electrons. The quantitative estimate of drug-likeness (QED) is 0.616. The van der Waals surface area contributed by atoms with Gasteiger partial charge in [-0.25, -0.2) is 4.98 Å². The van der Waals surface area contributed by atoms with Crippen molar-refractivity contribution in [1.29, 1.82) is 0 Å². The van der Waals surface area contributed by atoms with Gasteiger partial charge in [0.1, 0.15) is 17.0 Å². The maximum atomic E-state index is 13.0. The molecule has 7 nitrogen and oxygen atoms in total. The molecule has 0 aliphatic carbocycles. The van der Waals surface area contributed by atoms with Crippen molar-refractivity contribution in [1.82, 2.24) is 19.9 Å². The number of benzene rings is 1. The first-order valence-electron chi connectivity index (χ1n) is 9.80. The summed E-state index contributed by atoms with van der Waals surface area (Å²) in [6, 6.07) is 5.27. The summed E-state index contributed by atoms with van der Waals surface area (Å²) in [5, 5.41) is 0.312. The number of hydrogen-bond donors (Lipinski definition) is 1. The standard InChI is InChI=1S/C21H21F3N4O3.ClH/c1-30-17-11-13(3-5-28-6-8-31-9-7-28)10-15-18(17)26-19(27-20(15)29)16-12-14(2-4-25-16)21(22,23)24;/h2,4,10-12H,3,5-9H2,1H3,(H,26,27,29);1H. The molecule has 1 aliphatic rings. The number of nitrogens with one attached hydrogen (secondary N) is 1. The van der Waals surface area contributed by atoms with Gasteiger partial charge in [-0.1, -0.05) is 0 Å². The highest BCUT2D eigenvalue weighted by Gasteiger charge is 2.31. The second-order valence-electron chi connectivity index (χ2n) is 7.24. The summed E-state index contributed by atoms with van der Waals surface area (Å²) < 4.78 is 49.9. The van der Waals surface area contributed by atoms with E-state index in [4.69, 9.17) is 9.47 Å². The normalized spacial score (nSPS) is 14.9. The second kappa shape index (κ2) is 9.85. The molecule has 2 aromatic heterocycles. The lowest BCUT2D eigenvalue weighted by molar-refractivity contribution is -0.137. The van der Waals surface area contributed by atoms with Crippen molar-refractivity contribution in [3.63, 3.8) is 0 Å². The highest BCUT2D eigenvalue weighted by atomic mass is 35.5. The Labute approximate surface area is 188 Å². The molecule has 11 heteroatoms. The monoisotopic (exact) mass is 470 g/mol. The molecule has 0 amide bonds. The smallest absolute Gasteiger partial charge is 0.416 e. The van der Waals surface area contributed by atoms with Crippen molar-refractivity contribution in [2.24, 2.45) is 0 Å². The van der Waals surface area contributed by atoms with Gasteiger partial charge in [-0.05, 0) is 36.2 Å². The number of hydrogen-bond acceptors (Lipinski definition) is 6. The van der Waals surface area contributed by atoms with E-state index in [0.29, 0.717) is 30.8 Å². The maximum Gasteiger partial charge on any atom is 0.416 e. The Morgan fingerprint density at radius 3 is 2.66 bits per heavy atom. The Balaban J connectivity index is 0.00000289. The molecule has 3 aromatic rings. The van der Waals surface area contributed by atoms with E-state index >= 15 is 0 Å². The third-order valence-corrected chi connectivity index (χ3v) is 5.21. The lowest BCUT2D eigenvalue weighted by Gasteiger charge is -2.26. The minimum absolute atomic E-state index is 0. The van der Waals surface area contributed by atoms with E-state index in [1.807, 2.05) is 0 Å². The highest BCUT2D eigenvalue weighted by Crippen LogP contribution is 2.31. The van der Waals surface area contributed by atoms with Crippen LogP contribution in [0.1, 0.15) is 11.1 Å². The number of rotatable bonds is 5. The van der Waals surface area contributed by atoms with Gasteiger partial charge in [-0.3, -0.25) is 14.7 Å². The number of aromatic nitrogens is 3. The molecule has 1 saturated heterocycles. The number of nitrogens with zero attached hydrogens (tertiary/aromatic N) is 3. The van der Waals surface area contributed by atoms with Crippen molar-refractivity contribution in [3.8, 4) is 17.3 Å². The van der Waals surface area contributed by atoms with Gasteiger partial charge in [0.05, 0.1) is 31.3 Å². The summed E-state index contributed by atoms with van der Waals surface area (Å²) in [5.41, 5.74) is -0.229. The molecule has 1 fully saturated rings. The van der Waals surface area contributed by atoms with Gasteiger partial charge in [-0.2, -0.15) is 13.2 Å². The van der Waals surface area contributed by atoms with Gasteiger partial charge in [0.2, 0.25) is 0 Å². The molecule has 0 saturated carbocycles. The van der Waals surface area contributed by atoms with E-state index in [0.717, 1.165) is 43.5 Å². The summed E-state index contributed by atoms with van der Waals surface area (Å²) in [6.07, 6.45) is -2.78. The summed E-state index contributed by atoms with van der Waals surface area (Å²) >= 11 is 0. The number of ether oxygens (including phenoxy) is 2. The Hall–Kier alpha value is -2.69. The maximum absolute atomic E-state index is 13.0. The number of halogens is 4. The van der Waals surface area contributed by atoms with Crippen LogP contribution in [-0.4, -0.2) is 59.8 Å². The van der Waals surface area contributed by atoms with E-state index in [1.165, 1.54) is 7.11 Å². The topological polar surface area (TPSA) is 80.3 Å². The molecule has 32 heavy (non-hydrogen) atoms. The summed E-state index contributed by atoms with van der Waals surface area (Å²) in [7, 11) is 1.46. The minimum Gasteiger partial charge on any atom is -0.494 e.